The SMILES string of the molecule is CC/C=C\C/C=C\C/C=C\C/C=C\C/C=C\C/C=C\CCCCCCCCCCC(=O)OCC(COC(=O)CCCCCCC/C=C\CCCCCCCC)OC(=O)CCCCCCC/C=C\C/C=C\C/C=C\C/C=C\C/C=C\CC. The number of rotatable bonds is 59. The number of hydrogen-bond donors (Lipinski definition) is 0. The van der Waals surface area contributed by atoms with Gasteiger partial charge in [0.05, 0.1) is 0 Å². The summed E-state index contributed by atoms with van der Waals surface area (Å²) in [6, 6.07) is 0. The molecule has 1 atom stereocenters. The summed E-state index contributed by atoms with van der Waals surface area (Å²) in [5, 5.41) is 0. The molecule has 0 aromatic rings. The van der Waals surface area contributed by atoms with Crippen LogP contribution in [0, 0.1) is 0 Å². The van der Waals surface area contributed by atoms with Crippen LogP contribution < -0.4 is 0 Å². The summed E-state index contributed by atoms with van der Waals surface area (Å²) in [6.45, 7) is 6.39. The molecule has 0 spiro atoms. The van der Waals surface area contributed by atoms with Crippen molar-refractivity contribution in [2.75, 3.05) is 13.2 Å². The monoisotopic (exact) mass is 1120 g/mol. The predicted octanol–water partition coefficient (Wildman–Crippen LogP) is 23.1. The maximum atomic E-state index is 12.9. The van der Waals surface area contributed by atoms with Gasteiger partial charge >= 0.3 is 17.9 Å². The lowest BCUT2D eigenvalue weighted by atomic mass is 10.1. The van der Waals surface area contributed by atoms with E-state index in [4.69, 9.17) is 14.2 Å². The molecule has 0 aliphatic heterocycles. The maximum absolute atomic E-state index is 12.9. The molecule has 6 nitrogen and oxygen atoms in total. The van der Waals surface area contributed by atoms with E-state index in [2.05, 4.69) is 167 Å². The van der Waals surface area contributed by atoms with Crippen LogP contribution in [0.1, 0.15) is 290 Å². The lowest BCUT2D eigenvalue weighted by molar-refractivity contribution is -0.167. The molecule has 0 saturated carbocycles. The minimum Gasteiger partial charge on any atom is -0.462 e. The van der Waals surface area contributed by atoms with Gasteiger partial charge in [0, 0.05) is 19.3 Å². The predicted molar refractivity (Wildman–Crippen MR) is 352 cm³/mol. The van der Waals surface area contributed by atoms with Crippen molar-refractivity contribution < 1.29 is 28.6 Å². The number of carbonyl (C=O) groups excluding carboxylic acids is 3. The van der Waals surface area contributed by atoms with Crippen LogP contribution in [-0.4, -0.2) is 37.2 Å². The molecule has 0 rings (SSSR count). The molecule has 0 radical (unpaired) electrons. The van der Waals surface area contributed by atoms with E-state index >= 15 is 0 Å². The second kappa shape index (κ2) is 67.8. The minimum atomic E-state index is -0.803. The van der Waals surface area contributed by atoms with Crippen LogP contribution in [0.3, 0.4) is 0 Å². The van der Waals surface area contributed by atoms with E-state index in [1.807, 2.05) is 0 Å². The topological polar surface area (TPSA) is 78.9 Å². The van der Waals surface area contributed by atoms with Gasteiger partial charge < -0.3 is 14.2 Å². The van der Waals surface area contributed by atoms with E-state index in [-0.39, 0.29) is 31.1 Å². The number of hydrogen-bond acceptors (Lipinski definition) is 6. The maximum Gasteiger partial charge on any atom is 0.306 e. The Labute approximate surface area is 499 Å². The van der Waals surface area contributed by atoms with Gasteiger partial charge in [-0.1, -0.05) is 276 Å². The second-order valence-electron chi connectivity index (χ2n) is 21.6. The van der Waals surface area contributed by atoms with Crippen molar-refractivity contribution in [2.45, 2.75) is 297 Å². The highest BCUT2D eigenvalue weighted by Gasteiger charge is 2.19. The molecular weight excluding hydrogens is 997 g/mol. The fourth-order valence-corrected chi connectivity index (χ4v) is 8.88. The quantitative estimate of drug-likeness (QED) is 0.0261. The van der Waals surface area contributed by atoms with E-state index < -0.39 is 6.10 Å². The highest BCUT2D eigenvalue weighted by atomic mass is 16.6. The lowest BCUT2D eigenvalue weighted by Gasteiger charge is -2.18. The first kappa shape index (κ1) is 76.3. The number of carbonyl (C=O) groups is 3. The molecule has 81 heavy (non-hydrogen) atoms. The number of unbranched alkanes of at least 4 members (excludes halogenated alkanes) is 24. The van der Waals surface area contributed by atoms with Crippen LogP contribution in [0.4, 0.5) is 0 Å². The fraction of sp³-hybridized carbons (Fsp3) is 0.640. The fourth-order valence-electron chi connectivity index (χ4n) is 8.88. The van der Waals surface area contributed by atoms with Gasteiger partial charge in [0.15, 0.2) is 6.10 Å². The van der Waals surface area contributed by atoms with Crippen molar-refractivity contribution in [1.82, 2.24) is 0 Å². The van der Waals surface area contributed by atoms with Crippen LogP contribution in [0.5, 0.6) is 0 Å². The third-order valence-corrected chi connectivity index (χ3v) is 13.8. The number of esters is 3. The van der Waals surface area contributed by atoms with E-state index in [9.17, 15) is 14.4 Å². The van der Waals surface area contributed by atoms with Crippen LogP contribution in [0.2, 0.25) is 0 Å². The van der Waals surface area contributed by atoms with Crippen LogP contribution in [-0.2, 0) is 28.6 Å². The van der Waals surface area contributed by atoms with E-state index in [0.717, 1.165) is 167 Å². The molecule has 0 fully saturated rings. The molecule has 6 heteroatoms. The Balaban J connectivity index is 4.43. The molecule has 0 N–H and O–H groups in total. The largest absolute Gasteiger partial charge is 0.462 e. The minimum absolute atomic E-state index is 0.0971. The van der Waals surface area contributed by atoms with Crippen LogP contribution in [0.25, 0.3) is 0 Å². The molecular formula is C75H122O6. The van der Waals surface area contributed by atoms with Gasteiger partial charge in [0.2, 0.25) is 0 Å². The zero-order valence-electron chi connectivity index (χ0n) is 52.5. The van der Waals surface area contributed by atoms with Crippen LogP contribution >= 0.6 is 0 Å². The van der Waals surface area contributed by atoms with E-state index in [0.29, 0.717) is 19.3 Å². The van der Waals surface area contributed by atoms with Crippen molar-refractivity contribution in [3.05, 3.63) is 146 Å². The van der Waals surface area contributed by atoms with Crippen LogP contribution in [0.15, 0.2) is 146 Å². The summed E-state index contributed by atoms with van der Waals surface area (Å²) in [5.74, 6) is -0.930. The summed E-state index contributed by atoms with van der Waals surface area (Å²) in [7, 11) is 0. The van der Waals surface area contributed by atoms with Gasteiger partial charge in [-0.15, -0.1) is 0 Å². The molecule has 0 aromatic heterocycles. The molecule has 458 valence electrons. The first-order valence-corrected chi connectivity index (χ1v) is 33.3. The van der Waals surface area contributed by atoms with E-state index in [1.165, 1.54) is 83.5 Å². The highest BCUT2D eigenvalue weighted by molar-refractivity contribution is 5.71. The number of ether oxygens (including phenoxy) is 3. The van der Waals surface area contributed by atoms with Gasteiger partial charge in [-0.25, -0.2) is 0 Å². The van der Waals surface area contributed by atoms with Gasteiger partial charge in [-0.3, -0.25) is 14.4 Å². The summed E-state index contributed by atoms with van der Waals surface area (Å²) in [4.78, 5) is 38.4. The first-order valence-electron chi connectivity index (χ1n) is 33.3. The average Bonchev–Trinajstić information content (AvgIpc) is 3.47. The Morgan fingerprint density at radius 1 is 0.259 bits per heavy atom. The second-order valence-corrected chi connectivity index (χ2v) is 21.6. The Hall–Kier alpha value is -4.71. The van der Waals surface area contributed by atoms with Crippen molar-refractivity contribution in [3.63, 3.8) is 0 Å². The molecule has 0 aromatic carbocycles. The Morgan fingerprint density at radius 3 is 0.765 bits per heavy atom. The molecule has 1 unspecified atom stereocenters. The zero-order valence-corrected chi connectivity index (χ0v) is 52.5. The Bertz CT molecular complexity index is 1760. The normalized spacial score (nSPS) is 13.1. The summed E-state index contributed by atoms with van der Waals surface area (Å²) in [5.41, 5.74) is 0. The van der Waals surface area contributed by atoms with Gasteiger partial charge in [-0.05, 0) is 141 Å². The molecule has 0 aliphatic carbocycles. The van der Waals surface area contributed by atoms with Crippen molar-refractivity contribution in [1.29, 1.82) is 0 Å². The standard InChI is InChI=1S/C75H122O6/c1-4-7-10-13-16-19-22-25-28-30-32-34-35-36-37-38-39-41-42-44-47-50-53-56-59-62-65-68-74(77)80-71-72(70-79-73(76)67-64-61-58-55-52-49-46-27-24-21-18-15-12-9-6-3)81-75(78)69-66-63-60-57-54-51-48-45-43-40-33-31-29-26-23-20-17-14-11-8-5-2/h7-8,10-11,16-17,19-20,25-29,32-34,36-37,39-41,45-46,48,72H,4-6,9,12-15,18,21-24,30-31,35,38,42-44,47,49-71H2,1-3H3/b10-7-,11-8-,19-16-,20-17-,28-25-,29-26-,34-32-,37-36-,40-33-,41-39-,46-27-,48-45-. The third-order valence-electron chi connectivity index (χ3n) is 13.8. The van der Waals surface area contributed by atoms with Crippen molar-refractivity contribution in [3.8, 4) is 0 Å². The van der Waals surface area contributed by atoms with Crippen molar-refractivity contribution in [2.24, 2.45) is 0 Å². The smallest absolute Gasteiger partial charge is 0.306 e. The Morgan fingerprint density at radius 2 is 0.481 bits per heavy atom. The molecule has 0 heterocycles. The summed E-state index contributed by atoms with van der Waals surface area (Å²) in [6.07, 6.45) is 97.0. The van der Waals surface area contributed by atoms with E-state index in [1.54, 1.807) is 0 Å². The van der Waals surface area contributed by atoms with Gasteiger partial charge in [0.1, 0.15) is 13.2 Å². The summed E-state index contributed by atoms with van der Waals surface area (Å²) >= 11 is 0. The van der Waals surface area contributed by atoms with Gasteiger partial charge in [0.25, 0.3) is 0 Å². The Kier molecular flexibility index (Phi) is 63.9. The lowest BCUT2D eigenvalue weighted by Crippen LogP contribution is -2.30. The number of allylic oxidation sites excluding steroid dienone is 24. The zero-order chi connectivity index (χ0) is 58.5. The molecule has 0 saturated heterocycles. The molecule has 0 amide bonds. The molecule has 0 bridgehead atoms. The van der Waals surface area contributed by atoms with Crippen molar-refractivity contribution >= 4 is 17.9 Å². The third kappa shape index (κ3) is 66.0. The first-order chi connectivity index (χ1) is 40.0. The average molecular weight is 1120 g/mol. The van der Waals surface area contributed by atoms with Gasteiger partial charge in [-0.2, -0.15) is 0 Å². The molecule has 0 aliphatic rings. The summed E-state index contributed by atoms with van der Waals surface area (Å²) < 4.78 is 16.9. The highest BCUT2D eigenvalue weighted by Crippen LogP contribution is 2.15.